The number of nitro groups is 1. The Labute approximate surface area is 122 Å². The monoisotopic (exact) mass is 289 g/mol. The zero-order chi connectivity index (χ0) is 15.4. The molecule has 0 saturated carbocycles. The molecule has 0 aliphatic rings. The highest BCUT2D eigenvalue weighted by Crippen LogP contribution is 2.22. The van der Waals surface area contributed by atoms with E-state index in [1.54, 1.807) is 6.92 Å². The topological polar surface area (TPSA) is 80.9 Å². The van der Waals surface area contributed by atoms with Crippen molar-refractivity contribution in [2.75, 3.05) is 6.54 Å². The van der Waals surface area contributed by atoms with Gasteiger partial charge in [0, 0.05) is 16.2 Å². The number of rotatable bonds is 6. The van der Waals surface area contributed by atoms with E-state index in [0.717, 1.165) is 12.1 Å². The van der Waals surface area contributed by atoms with Crippen molar-refractivity contribution >= 4 is 0 Å². The molecule has 6 nitrogen and oxygen atoms in total. The molecule has 2 rings (SSSR count). The average Bonchev–Trinajstić information content (AvgIpc) is 2.74. The predicted molar refractivity (Wildman–Crippen MR) is 80.6 cm³/mol. The summed E-state index contributed by atoms with van der Waals surface area (Å²) in [7, 11) is 0. The maximum Gasteiger partial charge on any atom is 0.275 e. The maximum atomic E-state index is 12.6. The smallest absolute Gasteiger partial charge is 0.275 e. The van der Waals surface area contributed by atoms with Crippen LogP contribution in [0.2, 0.25) is 0 Å². The van der Waals surface area contributed by atoms with Gasteiger partial charge in [0.25, 0.3) is 5.56 Å². The highest BCUT2D eigenvalue weighted by molar-refractivity contribution is 5.33. The number of hydrogen-bond acceptors (Lipinski definition) is 3. The van der Waals surface area contributed by atoms with Crippen LogP contribution in [0, 0.1) is 17.0 Å². The Bertz CT molecular complexity index is 673. The lowest BCUT2D eigenvalue weighted by Gasteiger charge is -2.09. The van der Waals surface area contributed by atoms with Gasteiger partial charge in [-0.05, 0) is 25.5 Å². The van der Waals surface area contributed by atoms with Crippen molar-refractivity contribution in [2.24, 2.45) is 0 Å². The second-order valence-electron chi connectivity index (χ2n) is 5.13. The second-order valence-corrected chi connectivity index (χ2v) is 5.13. The number of aromatic nitrogens is 2. The number of para-hydroxylation sites is 1. The standard InChI is InChI=1S/C15H19N3O3/c1-3-7-12(10-17(20)21)14-11(2)16-18(15(14)19)13-8-5-4-6-9-13/h4-6,8-9,12,16H,3,7,10H2,1-2H3. The molecule has 0 saturated heterocycles. The molecule has 2 aromatic rings. The van der Waals surface area contributed by atoms with E-state index in [1.807, 2.05) is 37.3 Å². The molecule has 112 valence electrons. The van der Waals surface area contributed by atoms with Crippen LogP contribution < -0.4 is 5.56 Å². The van der Waals surface area contributed by atoms with Crippen molar-refractivity contribution < 1.29 is 4.92 Å². The molecule has 21 heavy (non-hydrogen) atoms. The number of H-pyrrole nitrogens is 1. The Morgan fingerprint density at radius 2 is 2.00 bits per heavy atom. The highest BCUT2D eigenvalue weighted by atomic mass is 16.6. The van der Waals surface area contributed by atoms with Gasteiger partial charge in [-0.25, -0.2) is 4.68 Å². The van der Waals surface area contributed by atoms with E-state index in [2.05, 4.69) is 5.10 Å². The van der Waals surface area contributed by atoms with Crippen LogP contribution in [0.25, 0.3) is 5.69 Å². The summed E-state index contributed by atoms with van der Waals surface area (Å²) in [6.45, 7) is 3.54. The fraction of sp³-hybridized carbons (Fsp3) is 0.400. The van der Waals surface area contributed by atoms with Gasteiger partial charge in [-0.1, -0.05) is 31.5 Å². The highest BCUT2D eigenvalue weighted by Gasteiger charge is 2.25. The van der Waals surface area contributed by atoms with Crippen molar-refractivity contribution in [1.82, 2.24) is 9.78 Å². The van der Waals surface area contributed by atoms with Crippen LogP contribution in [0.1, 0.15) is 36.9 Å². The Kier molecular flexibility index (Phi) is 4.57. The molecular weight excluding hydrogens is 270 g/mol. The number of aromatic amines is 1. The molecular formula is C15H19N3O3. The molecule has 1 atom stereocenters. The number of benzene rings is 1. The molecule has 0 aliphatic heterocycles. The summed E-state index contributed by atoms with van der Waals surface area (Å²) in [5.41, 5.74) is 1.76. The van der Waals surface area contributed by atoms with Gasteiger partial charge in [-0.15, -0.1) is 0 Å². The summed E-state index contributed by atoms with van der Waals surface area (Å²) < 4.78 is 1.45. The molecule has 1 heterocycles. The maximum absolute atomic E-state index is 12.6. The lowest BCUT2D eigenvalue weighted by Crippen LogP contribution is -2.23. The predicted octanol–water partition coefficient (Wildman–Crippen LogP) is 2.63. The molecule has 0 aliphatic carbocycles. The van der Waals surface area contributed by atoms with Gasteiger partial charge < -0.3 is 0 Å². The first-order chi connectivity index (χ1) is 10.0. The summed E-state index contributed by atoms with van der Waals surface area (Å²) in [5, 5.41) is 13.9. The average molecular weight is 289 g/mol. The summed E-state index contributed by atoms with van der Waals surface area (Å²) in [6, 6.07) is 9.21. The number of aryl methyl sites for hydroxylation is 1. The quantitative estimate of drug-likeness (QED) is 0.655. The van der Waals surface area contributed by atoms with Crippen molar-refractivity contribution in [3.8, 4) is 5.69 Å². The molecule has 0 fully saturated rings. The van der Waals surface area contributed by atoms with Gasteiger partial charge in [0.15, 0.2) is 0 Å². The minimum atomic E-state index is -0.348. The molecule has 1 aromatic heterocycles. The largest absolute Gasteiger partial charge is 0.295 e. The molecule has 1 N–H and O–H groups in total. The fourth-order valence-corrected chi connectivity index (χ4v) is 2.65. The van der Waals surface area contributed by atoms with Crippen molar-refractivity contribution in [2.45, 2.75) is 32.6 Å². The van der Waals surface area contributed by atoms with Gasteiger partial charge in [-0.2, -0.15) is 0 Å². The third-order valence-corrected chi connectivity index (χ3v) is 3.55. The Morgan fingerprint density at radius 1 is 1.33 bits per heavy atom. The van der Waals surface area contributed by atoms with E-state index in [9.17, 15) is 14.9 Å². The Hall–Kier alpha value is -2.37. The first-order valence-corrected chi connectivity index (χ1v) is 7.03. The molecule has 6 heteroatoms. The van der Waals surface area contributed by atoms with Crippen molar-refractivity contribution in [1.29, 1.82) is 0 Å². The zero-order valence-corrected chi connectivity index (χ0v) is 12.2. The van der Waals surface area contributed by atoms with Gasteiger partial charge in [0.2, 0.25) is 6.54 Å². The minimum absolute atomic E-state index is 0.195. The number of nitrogens with one attached hydrogen (secondary N) is 1. The van der Waals surface area contributed by atoms with Crippen LogP contribution in [0.15, 0.2) is 35.1 Å². The summed E-state index contributed by atoms with van der Waals surface area (Å²) in [4.78, 5) is 23.1. The van der Waals surface area contributed by atoms with E-state index >= 15 is 0 Å². The van der Waals surface area contributed by atoms with Crippen LogP contribution in [0.5, 0.6) is 0 Å². The van der Waals surface area contributed by atoms with Crippen LogP contribution in [0.4, 0.5) is 0 Å². The van der Waals surface area contributed by atoms with Crippen molar-refractivity contribution in [3.63, 3.8) is 0 Å². The van der Waals surface area contributed by atoms with Gasteiger partial charge in [-0.3, -0.25) is 20.0 Å². The molecule has 0 bridgehead atoms. The molecule has 0 spiro atoms. The summed E-state index contributed by atoms with van der Waals surface area (Å²) >= 11 is 0. The van der Waals surface area contributed by atoms with Crippen LogP contribution in [-0.4, -0.2) is 21.2 Å². The SMILES string of the molecule is CCCC(C[N+](=O)[O-])c1c(C)[nH]n(-c2ccccc2)c1=O. The molecule has 1 unspecified atom stereocenters. The third kappa shape index (κ3) is 3.21. The first-order valence-electron chi connectivity index (χ1n) is 7.03. The van der Waals surface area contributed by atoms with E-state index in [-0.39, 0.29) is 22.9 Å². The van der Waals surface area contributed by atoms with Crippen LogP contribution in [0.3, 0.4) is 0 Å². The van der Waals surface area contributed by atoms with Gasteiger partial charge in [0.05, 0.1) is 11.6 Å². The molecule has 0 radical (unpaired) electrons. The van der Waals surface area contributed by atoms with Gasteiger partial charge in [0.1, 0.15) is 0 Å². The first kappa shape index (κ1) is 15.0. The van der Waals surface area contributed by atoms with E-state index in [4.69, 9.17) is 0 Å². The van der Waals surface area contributed by atoms with Crippen LogP contribution >= 0.6 is 0 Å². The fourth-order valence-electron chi connectivity index (χ4n) is 2.65. The normalized spacial score (nSPS) is 12.3. The molecule has 1 aromatic carbocycles. The number of hydrogen-bond donors (Lipinski definition) is 1. The third-order valence-electron chi connectivity index (χ3n) is 3.55. The summed E-state index contributed by atoms with van der Waals surface area (Å²) in [5.74, 6) is -0.348. The van der Waals surface area contributed by atoms with Gasteiger partial charge >= 0.3 is 0 Å². The molecule has 0 amide bonds. The van der Waals surface area contributed by atoms with Crippen molar-refractivity contribution in [3.05, 3.63) is 62.1 Å². The Balaban J connectivity index is 2.47. The zero-order valence-electron chi connectivity index (χ0n) is 12.2. The van der Waals surface area contributed by atoms with Crippen LogP contribution in [-0.2, 0) is 0 Å². The van der Waals surface area contributed by atoms with E-state index < -0.39 is 0 Å². The second kappa shape index (κ2) is 6.39. The minimum Gasteiger partial charge on any atom is -0.295 e. The van der Waals surface area contributed by atoms with E-state index in [1.165, 1.54) is 4.68 Å². The number of nitrogens with zero attached hydrogens (tertiary/aromatic N) is 2. The van der Waals surface area contributed by atoms with E-state index in [0.29, 0.717) is 17.7 Å². The Morgan fingerprint density at radius 3 is 2.57 bits per heavy atom. The summed E-state index contributed by atoms with van der Waals surface area (Å²) in [6.07, 6.45) is 1.43. The lowest BCUT2D eigenvalue weighted by atomic mass is 9.95. The lowest BCUT2D eigenvalue weighted by molar-refractivity contribution is -0.483.